The van der Waals surface area contributed by atoms with Crippen LogP contribution in [0.25, 0.3) is 11.4 Å². The second-order valence-electron chi connectivity index (χ2n) is 6.61. The van der Waals surface area contributed by atoms with Crippen LogP contribution in [0.3, 0.4) is 0 Å². The van der Waals surface area contributed by atoms with E-state index in [1.54, 1.807) is 0 Å². The normalized spacial score (nSPS) is 11.0. The molecule has 0 amide bonds. The van der Waals surface area contributed by atoms with Gasteiger partial charge in [-0.15, -0.1) is 0 Å². The SMILES string of the molecule is CCCCCCCCCCOc1ccc(-c2ncc(CF)cn2)c(F)c1F. The van der Waals surface area contributed by atoms with E-state index >= 15 is 0 Å². The molecule has 1 aromatic carbocycles. The molecule has 0 radical (unpaired) electrons. The van der Waals surface area contributed by atoms with E-state index < -0.39 is 18.3 Å². The lowest BCUT2D eigenvalue weighted by atomic mass is 10.1. The zero-order valence-electron chi connectivity index (χ0n) is 15.8. The van der Waals surface area contributed by atoms with E-state index in [0.717, 1.165) is 19.3 Å². The molecule has 0 fully saturated rings. The maximum atomic E-state index is 14.3. The Hall–Kier alpha value is -2.11. The number of rotatable bonds is 12. The molecule has 0 saturated heterocycles. The Balaban J connectivity index is 1.82. The van der Waals surface area contributed by atoms with Crippen LogP contribution in [0.4, 0.5) is 13.2 Å². The van der Waals surface area contributed by atoms with Gasteiger partial charge < -0.3 is 4.74 Å². The zero-order chi connectivity index (χ0) is 19.5. The zero-order valence-corrected chi connectivity index (χ0v) is 15.8. The van der Waals surface area contributed by atoms with Crippen LogP contribution < -0.4 is 4.74 Å². The number of ether oxygens (including phenoxy) is 1. The van der Waals surface area contributed by atoms with Crippen molar-refractivity contribution in [2.75, 3.05) is 6.61 Å². The predicted octanol–water partition coefficient (Wildman–Crippen LogP) is 6.41. The Morgan fingerprint density at radius 3 is 2.11 bits per heavy atom. The lowest BCUT2D eigenvalue weighted by molar-refractivity contribution is 0.285. The molecule has 0 aliphatic carbocycles. The average Bonchev–Trinajstić information content (AvgIpc) is 2.70. The summed E-state index contributed by atoms with van der Waals surface area (Å²) >= 11 is 0. The highest BCUT2D eigenvalue weighted by molar-refractivity contribution is 5.57. The topological polar surface area (TPSA) is 35.0 Å². The minimum Gasteiger partial charge on any atom is -0.490 e. The number of unbranched alkanes of at least 4 members (excludes halogenated alkanes) is 7. The summed E-state index contributed by atoms with van der Waals surface area (Å²) in [6.45, 7) is 1.84. The first-order valence-corrected chi connectivity index (χ1v) is 9.65. The van der Waals surface area contributed by atoms with E-state index in [4.69, 9.17) is 4.74 Å². The van der Waals surface area contributed by atoms with Crippen molar-refractivity contribution in [2.24, 2.45) is 0 Å². The first kappa shape index (κ1) is 21.2. The molecule has 3 nitrogen and oxygen atoms in total. The van der Waals surface area contributed by atoms with E-state index in [0.29, 0.717) is 6.61 Å². The summed E-state index contributed by atoms with van der Waals surface area (Å²) in [4.78, 5) is 7.75. The first-order chi connectivity index (χ1) is 13.2. The molecule has 0 bridgehead atoms. The van der Waals surface area contributed by atoms with E-state index in [1.807, 2.05) is 0 Å². The number of nitrogens with zero attached hydrogens (tertiary/aromatic N) is 2. The molecule has 0 aliphatic rings. The Kier molecular flexibility index (Phi) is 9.08. The van der Waals surface area contributed by atoms with Gasteiger partial charge in [-0.3, -0.25) is 0 Å². The van der Waals surface area contributed by atoms with Crippen LogP contribution in [0.2, 0.25) is 0 Å². The van der Waals surface area contributed by atoms with Gasteiger partial charge in [0.25, 0.3) is 0 Å². The standard InChI is InChI=1S/C21H27F3N2O/c1-2-3-4-5-6-7-8-9-12-27-18-11-10-17(19(23)20(18)24)21-25-14-16(13-22)15-26-21/h10-11,14-15H,2-9,12-13H2,1H3. The third-order valence-corrected chi connectivity index (χ3v) is 4.40. The molecule has 0 spiro atoms. The molecule has 0 saturated carbocycles. The van der Waals surface area contributed by atoms with E-state index in [9.17, 15) is 13.2 Å². The molecule has 1 heterocycles. The summed E-state index contributed by atoms with van der Waals surface area (Å²) in [5.74, 6) is -2.21. The molecule has 148 valence electrons. The van der Waals surface area contributed by atoms with E-state index in [1.165, 1.54) is 56.6 Å². The molecule has 6 heteroatoms. The fourth-order valence-electron chi connectivity index (χ4n) is 2.80. The minimum atomic E-state index is -1.06. The van der Waals surface area contributed by atoms with Gasteiger partial charge in [-0.25, -0.2) is 18.7 Å². The molecule has 0 atom stereocenters. The average molecular weight is 380 g/mol. The van der Waals surface area contributed by atoms with Crippen molar-refractivity contribution in [3.8, 4) is 17.1 Å². The van der Waals surface area contributed by atoms with Gasteiger partial charge in [0.05, 0.1) is 12.2 Å². The molecular formula is C21H27F3N2O. The van der Waals surface area contributed by atoms with Crippen molar-refractivity contribution >= 4 is 0 Å². The Bertz CT molecular complexity index is 693. The van der Waals surface area contributed by atoms with Gasteiger partial charge in [0.2, 0.25) is 5.82 Å². The third-order valence-electron chi connectivity index (χ3n) is 4.40. The molecule has 2 aromatic rings. The van der Waals surface area contributed by atoms with Gasteiger partial charge in [-0.05, 0) is 18.6 Å². The smallest absolute Gasteiger partial charge is 0.201 e. The Morgan fingerprint density at radius 2 is 1.48 bits per heavy atom. The highest BCUT2D eigenvalue weighted by Crippen LogP contribution is 2.28. The fraction of sp³-hybridized carbons (Fsp3) is 0.524. The summed E-state index contributed by atoms with van der Waals surface area (Å²) in [5, 5.41) is 0. The molecule has 0 unspecified atom stereocenters. The lowest BCUT2D eigenvalue weighted by Crippen LogP contribution is -2.02. The number of benzene rings is 1. The van der Waals surface area contributed by atoms with Crippen LogP contribution in [-0.2, 0) is 6.67 Å². The van der Waals surface area contributed by atoms with Crippen LogP contribution in [-0.4, -0.2) is 16.6 Å². The fourth-order valence-corrected chi connectivity index (χ4v) is 2.80. The highest BCUT2D eigenvalue weighted by Gasteiger charge is 2.17. The lowest BCUT2D eigenvalue weighted by Gasteiger charge is -2.10. The van der Waals surface area contributed by atoms with Crippen LogP contribution in [0.5, 0.6) is 5.75 Å². The van der Waals surface area contributed by atoms with E-state index in [-0.39, 0.29) is 22.7 Å². The monoisotopic (exact) mass is 380 g/mol. The summed E-state index contributed by atoms with van der Waals surface area (Å²) in [5.41, 5.74) is 0.210. The van der Waals surface area contributed by atoms with Crippen molar-refractivity contribution in [3.05, 3.63) is 41.7 Å². The number of alkyl halides is 1. The van der Waals surface area contributed by atoms with E-state index in [2.05, 4.69) is 16.9 Å². The summed E-state index contributed by atoms with van der Waals surface area (Å²) in [7, 11) is 0. The predicted molar refractivity (Wildman–Crippen MR) is 100 cm³/mol. The maximum Gasteiger partial charge on any atom is 0.201 e. The van der Waals surface area contributed by atoms with Crippen molar-refractivity contribution in [3.63, 3.8) is 0 Å². The summed E-state index contributed by atoms with van der Waals surface area (Å²) in [6.07, 6.45) is 11.7. The van der Waals surface area contributed by atoms with Crippen LogP contribution in [0.15, 0.2) is 24.5 Å². The van der Waals surface area contributed by atoms with Gasteiger partial charge in [-0.2, -0.15) is 4.39 Å². The third kappa shape index (κ3) is 6.52. The summed E-state index contributed by atoms with van der Waals surface area (Å²) < 4.78 is 46.4. The quantitative estimate of drug-likeness (QED) is 0.399. The van der Waals surface area contributed by atoms with Crippen LogP contribution >= 0.6 is 0 Å². The molecule has 0 N–H and O–H groups in total. The summed E-state index contributed by atoms with van der Waals surface area (Å²) in [6, 6.07) is 2.76. The molecule has 2 rings (SSSR count). The van der Waals surface area contributed by atoms with Gasteiger partial charge in [0.1, 0.15) is 6.67 Å². The van der Waals surface area contributed by atoms with Gasteiger partial charge in [-0.1, -0.05) is 51.9 Å². The maximum absolute atomic E-state index is 14.3. The highest BCUT2D eigenvalue weighted by atomic mass is 19.2. The van der Waals surface area contributed by atoms with Gasteiger partial charge in [0, 0.05) is 18.0 Å². The number of hydrogen-bond donors (Lipinski definition) is 0. The molecule has 1 aromatic heterocycles. The second kappa shape index (κ2) is 11.6. The van der Waals surface area contributed by atoms with Crippen LogP contribution in [0.1, 0.15) is 63.9 Å². The molecule has 27 heavy (non-hydrogen) atoms. The van der Waals surface area contributed by atoms with Gasteiger partial charge >= 0.3 is 0 Å². The minimum absolute atomic E-state index is 0.0122. The second-order valence-corrected chi connectivity index (χ2v) is 6.61. The Morgan fingerprint density at radius 1 is 0.852 bits per heavy atom. The largest absolute Gasteiger partial charge is 0.490 e. The van der Waals surface area contributed by atoms with Crippen molar-refractivity contribution in [1.82, 2.24) is 9.97 Å². The molecular weight excluding hydrogens is 353 g/mol. The van der Waals surface area contributed by atoms with Gasteiger partial charge in [0.15, 0.2) is 17.4 Å². The number of aromatic nitrogens is 2. The number of halogens is 3. The van der Waals surface area contributed by atoms with Crippen LogP contribution in [0, 0.1) is 11.6 Å². The van der Waals surface area contributed by atoms with Crippen molar-refractivity contribution in [1.29, 1.82) is 0 Å². The molecule has 0 aliphatic heterocycles. The van der Waals surface area contributed by atoms with Crippen molar-refractivity contribution < 1.29 is 17.9 Å². The first-order valence-electron chi connectivity index (χ1n) is 9.65. The Labute approximate surface area is 159 Å². The van der Waals surface area contributed by atoms with Crippen molar-refractivity contribution in [2.45, 2.75) is 65.0 Å². The number of hydrogen-bond acceptors (Lipinski definition) is 3.